The summed E-state index contributed by atoms with van der Waals surface area (Å²) < 4.78 is 1.38. The molecular formula is C19H15NOS. The van der Waals surface area contributed by atoms with Gasteiger partial charge in [-0.25, -0.2) is 0 Å². The predicted octanol–water partition coefficient (Wildman–Crippen LogP) is 4.68. The Kier molecular flexibility index (Phi) is 2.98. The molecule has 1 aliphatic heterocycles. The molecule has 2 heterocycles. The molecule has 0 saturated heterocycles. The zero-order valence-electron chi connectivity index (χ0n) is 12.2. The fourth-order valence-electron chi connectivity index (χ4n) is 2.98. The monoisotopic (exact) mass is 305 g/mol. The lowest BCUT2D eigenvalue weighted by molar-refractivity contribution is 0.0944. The Morgan fingerprint density at radius 2 is 1.64 bits per heavy atom. The summed E-state index contributed by atoms with van der Waals surface area (Å²) in [5.41, 5.74) is 2.85. The van der Waals surface area contributed by atoms with Gasteiger partial charge in [0.25, 0.3) is 0 Å². The van der Waals surface area contributed by atoms with E-state index in [0.29, 0.717) is 0 Å². The van der Waals surface area contributed by atoms with Gasteiger partial charge in [-0.1, -0.05) is 42.5 Å². The van der Waals surface area contributed by atoms with E-state index in [4.69, 9.17) is 0 Å². The van der Waals surface area contributed by atoms with Gasteiger partial charge in [0.2, 0.25) is 0 Å². The van der Waals surface area contributed by atoms with Crippen LogP contribution in [0.4, 0.5) is 0 Å². The number of thioether (sulfide) groups is 1. The van der Waals surface area contributed by atoms with Gasteiger partial charge in [-0.2, -0.15) is 0 Å². The molecule has 3 heteroatoms. The largest absolute Gasteiger partial charge is 0.313 e. The van der Waals surface area contributed by atoms with Crippen LogP contribution in [0, 0.1) is 0 Å². The second-order valence-electron chi connectivity index (χ2n) is 5.56. The second-order valence-corrected chi connectivity index (χ2v) is 7.02. The number of nitrogens with zero attached hydrogens (tertiary/aromatic N) is 1. The number of carbonyl (C=O) groups is 1. The quantitative estimate of drug-likeness (QED) is 0.651. The molecule has 0 unspecified atom stereocenters. The van der Waals surface area contributed by atoms with Crippen molar-refractivity contribution in [3.8, 4) is 5.69 Å². The molecule has 0 saturated carbocycles. The molecule has 0 spiro atoms. The van der Waals surface area contributed by atoms with Gasteiger partial charge < -0.3 is 4.57 Å². The first-order valence-electron chi connectivity index (χ1n) is 7.26. The fraction of sp³-hybridized carbons (Fsp3) is 0.105. The third kappa shape index (κ3) is 1.86. The molecule has 22 heavy (non-hydrogen) atoms. The van der Waals surface area contributed by atoms with Crippen LogP contribution in [-0.4, -0.2) is 10.4 Å². The molecule has 1 atom stereocenters. The van der Waals surface area contributed by atoms with Crippen LogP contribution < -0.4 is 0 Å². The third-order valence-corrected chi connectivity index (χ3v) is 5.57. The lowest BCUT2D eigenvalue weighted by Crippen LogP contribution is -2.29. The predicted molar refractivity (Wildman–Crippen MR) is 89.8 cm³/mol. The third-order valence-electron chi connectivity index (χ3n) is 4.18. The van der Waals surface area contributed by atoms with Gasteiger partial charge >= 0.3 is 0 Å². The van der Waals surface area contributed by atoms with Crippen molar-refractivity contribution >= 4 is 17.5 Å². The molecule has 2 aromatic carbocycles. The molecule has 4 rings (SSSR count). The van der Waals surface area contributed by atoms with Crippen LogP contribution in [0.25, 0.3) is 5.69 Å². The van der Waals surface area contributed by atoms with E-state index >= 15 is 0 Å². The molecule has 3 aromatic rings. The van der Waals surface area contributed by atoms with E-state index < -0.39 is 4.75 Å². The van der Waals surface area contributed by atoms with E-state index in [2.05, 4.69) is 12.1 Å². The van der Waals surface area contributed by atoms with Crippen molar-refractivity contribution in [2.24, 2.45) is 0 Å². The summed E-state index contributed by atoms with van der Waals surface area (Å²) in [7, 11) is 0. The van der Waals surface area contributed by atoms with Gasteiger partial charge in [0.05, 0.1) is 11.4 Å². The average Bonchev–Trinajstić information content (AvgIpc) is 3.01. The Balaban J connectivity index is 2.00. The number of para-hydroxylation sites is 1. The van der Waals surface area contributed by atoms with Crippen molar-refractivity contribution in [1.29, 1.82) is 0 Å². The van der Waals surface area contributed by atoms with E-state index in [1.807, 2.05) is 72.3 Å². The number of hydrogen-bond donors (Lipinski definition) is 0. The summed E-state index contributed by atoms with van der Waals surface area (Å²) in [6.45, 7) is 2.02. The zero-order valence-corrected chi connectivity index (χ0v) is 13.0. The van der Waals surface area contributed by atoms with E-state index in [1.54, 1.807) is 11.8 Å². The summed E-state index contributed by atoms with van der Waals surface area (Å²) >= 11 is 1.63. The molecule has 0 aliphatic carbocycles. The topological polar surface area (TPSA) is 22.0 Å². The van der Waals surface area contributed by atoms with Crippen molar-refractivity contribution in [2.45, 2.75) is 16.6 Å². The van der Waals surface area contributed by atoms with Gasteiger partial charge in [0.15, 0.2) is 5.78 Å². The maximum atomic E-state index is 13.2. The average molecular weight is 305 g/mol. The minimum atomic E-state index is -0.621. The highest BCUT2D eigenvalue weighted by atomic mass is 32.2. The van der Waals surface area contributed by atoms with Crippen LogP contribution in [-0.2, 0) is 4.75 Å². The SMILES string of the molecule is C[C@@]1(c2ccccc2)Sc2ccccc2-n2cccc2C1=O. The molecule has 108 valence electrons. The zero-order chi connectivity index (χ0) is 15.2. The van der Waals surface area contributed by atoms with Crippen LogP contribution in [0.5, 0.6) is 0 Å². The molecule has 0 fully saturated rings. The number of ketones is 1. The summed E-state index contributed by atoms with van der Waals surface area (Å²) in [6.07, 6.45) is 1.96. The van der Waals surface area contributed by atoms with Gasteiger partial charge in [0, 0.05) is 11.1 Å². The lowest BCUT2D eigenvalue weighted by Gasteiger charge is -2.26. The number of carbonyl (C=O) groups excluding carboxylic acids is 1. The number of hydrogen-bond acceptors (Lipinski definition) is 2. The van der Waals surface area contributed by atoms with E-state index in [0.717, 1.165) is 21.8 Å². The van der Waals surface area contributed by atoms with Crippen LogP contribution in [0.3, 0.4) is 0 Å². The normalized spacial score (nSPS) is 20.1. The Labute approximate surface area is 133 Å². The summed E-state index contributed by atoms with van der Waals surface area (Å²) in [5, 5.41) is 0. The van der Waals surface area contributed by atoms with Crippen molar-refractivity contribution in [3.63, 3.8) is 0 Å². The summed E-state index contributed by atoms with van der Waals surface area (Å²) in [4.78, 5) is 14.4. The molecule has 0 bridgehead atoms. The molecular weight excluding hydrogens is 290 g/mol. The summed E-state index contributed by atoms with van der Waals surface area (Å²) in [6, 6.07) is 22.1. The molecule has 0 radical (unpaired) electrons. The highest BCUT2D eigenvalue weighted by molar-refractivity contribution is 8.01. The maximum absolute atomic E-state index is 13.2. The number of Topliss-reactive ketones (excluding diaryl/α,β-unsaturated/α-hetero) is 1. The fourth-order valence-corrected chi connectivity index (χ4v) is 4.28. The van der Waals surface area contributed by atoms with Gasteiger partial charge in [-0.15, -0.1) is 11.8 Å². The lowest BCUT2D eigenvalue weighted by atomic mass is 9.93. The van der Waals surface area contributed by atoms with Crippen molar-refractivity contribution in [2.75, 3.05) is 0 Å². The van der Waals surface area contributed by atoms with Crippen molar-refractivity contribution < 1.29 is 4.79 Å². The molecule has 0 N–H and O–H groups in total. The number of benzene rings is 2. The highest BCUT2D eigenvalue weighted by Crippen LogP contribution is 2.47. The van der Waals surface area contributed by atoms with Crippen LogP contribution >= 0.6 is 11.8 Å². The Morgan fingerprint density at radius 1 is 0.909 bits per heavy atom. The van der Waals surface area contributed by atoms with Gasteiger partial charge in [-0.05, 0) is 36.8 Å². The minimum Gasteiger partial charge on any atom is -0.313 e. The van der Waals surface area contributed by atoms with Gasteiger partial charge in [0.1, 0.15) is 4.75 Å². The van der Waals surface area contributed by atoms with Gasteiger partial charge in [-0.3, -0.25) is 4.79 Å². The molecule has 0 amide bonds. The van der Waals surface area contributed by atoms with Crippen molar-refractivity contribution in [3.05, 3.63) is 84.2 Å². The smallest absolute Gasteiger partial charge is 0.200 e. The maximum Gasteiger partial charge on any atom is 0.200 e. The van der Waals surface area contributed by atoms with Crippen molar-refractivity contribution in [1.82, 2.24) is 4.57 Å². The molecule has 2 nitrogen and oxygen atoms in total. The molecule has 1 aromatic heterocycles. The van der Waals surface area contributed by atoms with E-state index in [1.165, 1.54) is 0 Å². The first kappa shape index (κ1) is 13.4. The first-order chi connectivity index (χ1) is 10.7. The second kappa shape index (κ2) is 4.89. The number of rotatable bonds is 1. The Bertz CT molecular complexity index is 853. The first-order valence-corrected chi connectivity index (χ1v) is 8.08. The molecule has 1 aliphatic rings. The Morgan fingerprint density at radius 3 is 2.45 bits per heavy atom. The van der Waals surface area contributed by atoms with E-state index in [9.17, 15) is 4.79 Å². The van der Waals surface area contributed by atoms with Crippen LogP contribution in [0.2, 0.25) is 0 Å². The standard InChI is InChI=1S/C19H15NOS/c1-19(14-8-3-2-4-9-14)18(21)16-11-7-13-20(16)15-10-5-6-12-17(15)22-19/h2-13H,1H3/t19-/m0/s1. The summed E-state index contributed by atoms with van der Waals surface area (Å²) in [5.74, 6) is 0.143. The van der Waals surface area contributed by atoms with E-state index in [-0.39, 0.29) is 5.78 Å². The van der Waals surface area contributed by atoms with Crippen LogP contribution in [0.1, 0.15) is 23.0 Å². The Hall–Kier alpha value is -2.26. The number of aromatic nitrogens is 1. The van der Waals surface area contributed by atoms with Crippen LogP contribution in [0.15, 0.2) is 77.8 Å². The highest BCUT2D eigenvalue weighted by Gasteiger charge is 2.41. The number of fused-ring (bicyclic) bond motifs is 3. The minimum absolute atomic E-state index is 0.143.